The quantitative estimate of drug-likeness (QED) is 0.00977. The number of alkyl halides is 19. The van der Waals surface area contributed by atoms with Crippen molar-refractivity contribution in [1.29, 1.82) is 0 Å². The third kappa shape index (κ3) is 23.8. The molecular weight excluding hydrogens is 2250 g/mol. The van der Waals surface area contributed by atoms with E-state index in [4.69, 9.17) is 96.1 Å². The number of hydrogen-bond acceptors (Lipinski definition) is 24. The summed E-state index contributed by atoms with van der Waals surface area (Å²) in [6.45, 7) is 1.11. The predicted octanol–water partition coefficient (Wildman–Crippen LogP) is 13.1. The zero-order chi connectivity index (χ0) is 114. The third-order valence-electron chi connectivity index (χ3n) is 20.5. The van der Waals surface area contributed by atoms with Gasteiger partial charge in [-0.1, -0.05) is 69.6 Å². The molecule has 802 valence electrons. The number of aromatic hydroxyl groups is 4. The molecule has 150 heavy (non-hydrogen) atoms. The zero-order valence-electron chi connectivity index (χ0n) is 74.0. The molecule has 1 aliphatic heterocycles. The Hall–Kier alpha value is -15.5. The molecule has 0 fully saturated rings. The average Bonchev–Trinajstić information content (AvgIpc) is 0.749. The second-order valence-electron chi connectivity index (χ2n) is 30.1. The van der Waals surface area contributed by atoms with Gasteiger partial charge in [0.05, 0.1) is 63.9 Å². The Morgan fingerprint density at radius 2 is 0.693 bits per heavy atom. The van der Waals surface area contributed by atoms with E-state index in [0.717, 1.165) is 60.4 Å². The van der Waals surface area contributed by atoms with E-state index >= 15 is 0 Å². The molecule has 14 rings (SSSR count). The number of fused-ring (bicyclic) bond motifs is 2. The number of nitro groups is 1. The van der Waals surface area contributed by atoms with Gasteiger partial charge in [-0.2, -0.15) is 79.0 Å². The molecule has 0 saturated heterocycles. The predicted molar refractivity (Wildman–Crippen MR) is 475 cm³/mol. The Labute approximate surface area is 841 Å². The van der Waals surface area contributed by atoms with E-state index in [1.165, 1.54) is 0 Å². The minimum atomic E-state index is -5.07. The molecule has 1 aliphatic rings. The smallest absolute Gasteiger partial charge is 0.431 e. The number of nitrogen functional groups attached to an aromatic ring is 1. The van der Waals surface area contributed by atoms with Crippen molar-refractivity contribution in [2.24, 2.45) is 42.3 Å². The van der Waals surface area contributed by atoms with Gasteiger partial charge in [0.15, 0.2) is 34.4 Å². The van der Waals surface area contributed by atoms with Crippen LogP contribution >= 0.6 is 81.2 Å². The number of nitrogens with two attached hydrogens (primary N) is 1. The average molecular weight is 2300 g/mol. The van der Waals surface area contributed by atoms with E-state index in [9.17, 15) is 208 Å². The number of phenols is 4. The molecule has 6 N–H and O–H groups in total. The molecule has 0 amide bonds. The number of nitro benzene ring substituents is 1. The second-order valence-corrected chi connectivity index (χ2v) is 33.0. The van der Waals surface area contributed by atoms with Crippen molar-refractivity contribution in [2.45, 2.75) is 68.6 Å². The number of esters is 1. The highest BCUT2D eigenvalue weighted by molar-refractivity contribution is 6.35. The maximum absolute atomic E-state index is 14.6. The van der Waals surface area contributed by atoms with Crippen LogP contribution in [0.3, 0.4) is 0 Å². The Morgan fingerprint density at radius 1 is 0.393 bits per heavy atom. The van der Waals surface area contributed by atoms with Crippen LogP contribution in [0.5, 0.6) is 28.7 Å². The van der Waals surface area contributed by atoms with Crippen LogP contribution in [-0.4, -0.2) is 97.3 Å². The summed E-state index contributed by atoms with van der Waals surface area (Å²) in [5.41, 5.74) is -30.4. The number of Topliss-reactive ketones (excluding diaryl/α,β-unsaturated/α-hetero) is 1. The summed E-state index contributed by atoms with van der Waals surface area (Å²) in [4.78, 5) is 189. The van der Waals surface area contributed by atoms with Crippen LogP contribution in [0.4, 0.5) is 117 Å². The Kier molecular flexibility index (Phi) is 34.1. The molecule has 1 atom stereocenters. The number of phenolic OH excluding ortho intramolecular Hbond substituents is 4. The van der Waals surface area contributed by atoms with Crippen LogP contribution in [0.1, 0.15) is 58.6 Å². The molecule has 7 aromatic heterocycles. The second kappa shape index (κ2) is 43.4. The van der Waals surface area contributed by atoms with E-state index in [1.807, 2.05) is 0 Å². The lowest BCUT2D eigenvalue weighted by atomic mass is 10.0. The molecule has 37 nitrogen and oxygen atoms in total. The van der Waals surface area contributed by atoms with E-state index in [2.05, 4.69) is 0 Å². The van der Waals surface area contributed by atoms with Crippen LogP contribution < -0.4 is 83.6 Å². The summed E-state index contributed by atoms with van der Waals surface area (Å²) in [6, 6.07) is 6.90. The lowest BCUT2D eigenvalue weighted by Crippen LogP contribution is -2.41. The summed E-state index contributed by atoms with van der Waals surface area (Å²) in [5.74, 6) is -12.4. The molecule has 0 saturated carbocycles. The Morgan fingerprint density at radius 3 is 1.07 bits per heavy atom. The van der Waals surface area contributed by atoms with Crippen LogP contribution in [-0.2, 0) is 102 Å². The van der Waals surface area contributed by atoms with Gasteiger partial charge in [-0.05, 0) is 55.8 Å². The lowest BCUT2D eigenvalue weighted by molar-refractivity contribution is -0.385. The highest BCUT2D eigenvalue weighted by atomic mass is 35.5. The fraction of sp³-hybridized carbons (Fsp3) is 0.207. The monoisotopic (exact) mass is 2300 g/mol. The topological polar surface area (TPSA) is 488 Å². The molecule has 1 unspecified atom stereocenters. The molecule has 8 heterocycles. The first-order valence-corrected chi connectivity index (χ1v) is 41.8. The number of halogens is 31. The van der Waals surface area contributed by atoms with Gasteiger partial charge in [-0.3, -0.25) is 75.9 Å². The number of benzene rings is 6. The highest BCUT2D eigenvalue weighted by Gasteiger charge is 2.44. The summed E-state index contributed by atoms with van der Waals surface area (Å²) in [5, 5.41) is 45.6. The number of carbonyl (C=O) groups is 2. The van der Waals surface area contributed by atoms with Crippen molar-refractivity contribution < 1.29 is 149 Å². The molecule has 0 bridgehead atoms. The SMILES string of the molecule is CC(=O)C(Cl)Cc1c(O)c(Cl)cc(F)c1-n1c(=O)cc(C(F)(F)F)n(C)c1=O.Cn1c(C(F)(F)F)cc(=O)n(-c2c(F)cc(Cl)c(O)c2N)c1=O.Cn1c(C(F)(F)F)cc(=O)n(-c2c(F)cc(Cl)c(O)c2[N+](=O)[O-])c1=O.Cn1c(C(F)(F)F)cc(=O)n(-c2c(F)cc(Cl)c3c2CCC(=O)O3)c1=O.Cn1c(C(F)(F)F)cc(=O)n(-c2c(F)cc(Cl)c3oc(=O)ccc23)c1=O.Cn1c(C(F)(F)F)cc(=O)n(-c2cc(O)c(Cl)cc2F)c1=O. The summed E-state index contributed by atoms with van der Waals surface area (Å²) < 4.78 is 328. The van der Waals surface area contributed by atoms with E-state index in [1.54, 1.807) is 0 Å². The summed E-state index contributed by atoms with van der Waals surface area (Å²) >= 11 is 39.5. The van der Waals surface area contributed by atoms with Crippen LogP contribution in [0.15, 0.2) is 158 Å². The number of anilines is 1. The number of ether oxygens (including phenoxy) is 1. The van der Waals surface area contributed by atoms with Gasteiger partial charge in [0.1, 0.15) is 91.8 Å². The van der Waals surface area contributed by atoms with E-state index in [-0.39, 0.29) is 141 Å². The van der Waals surface area contributed by atoms with Gasteiger partial charge in [0.2, 0.25) is 5.75 Å². The molecule has 68 heteroatoms. The zero-order valence-corrected chi connectivity index (χ0v) is 79.3. The maximum Gasteiger partial charge on any atom is 0.431 e. The standard InChI is InChI=1S/C16H12Cl2F4N2O4.C15H9ClF4N2O4.C15H7ClF4N2O4.C12H6ClF4N3O5.C12H8ClF4N3O3.C12H7ClF4N2O3/c1-6(25)8(17)3-7-13(10(19)4-9(18)14(7)27)24-12(26)5-11(16(20,21)22)23(2)15(24)28;2*1-21-9(15(18,19)20)5-10(23)22(14(21)25)12-6-2-3-11(24)26-13(6)7(16)4-8(12)17;1-18-6(12(15,16)17)3-7(21)19(11(18)23)8-5(14)2-4(13)10(22)9(8)20(24)25;1-19-6(12(15,16)17)3-7(21)20(11(19)23)9-5(14)2-4(13)10(22)8(9)18;1-18-9(12(15,16)17)4-10(21)19(11(18)22)7-3-8(20)5(13)2-6(7)14/h4-5,8,27H,3H2,1-2H3;4-5H,2-3H2,1H3;2-5H,1H3;2-3,22H,1H3;2-3,22H,18H2,1H3;2-4,20H,1H3. The van der Waals surface area contributed by atoms with Gasteiger partial charge in [-0.25, -0.2) is 87.3 Å². The van der Waals surface area contributed by atoms with Gasteiger partial charge in [0.25, 0.3) is 33.4 Å². The Bertz CT molecular complexity index is 8710. The van der Waals surface area contributed by atoms with Crippen LogP contribution in [0.2, 0.25) is 30.1 Å². The van der Waals surface area contributed by atoms with Crippen molar-refractivity contribution in [2.75, 3.05) is 5.73 Å². The molecule has 13 aromatic rings. The molecule has 6 aromatic carbocycles. The largest absolute Gasteiger partial charge is 0.506 e. The molecule has 0 aliphatic carbocycles. The minimum Gasteiger partial charge on any atom is -0.506 e. The van der Waals surface area contributed by atoms with Crippen LogP contribution in [0.25, 0.3) is 45.1 Å². The number of rotatable bonds is 10. The van der Waals surface area contributed by atoms with E-state index in [0.29, 0.717) is 43.4 Å². The Balaban J connectivity index is 0.000000200. The maximum atomic E-state index is 14.6. The minimum absolute atomic E-state index is 0.0315. The van der Waals surface area contributed by atoms with Gasteiger partial charge in [-0.15, -0.1) is 11.6 Å². The first-order valence-electron chi connectivity index (χ1n) is 39.1. The summed E-state index contributed by atoms with van der Waals surface area (Å²) in [6.07, 6.45) is -30.7. The van der Waals surface area contributed by atoms with Crippen molar-refractivity contribution in [3.63, 3.8) is 0 Å². The fourth-order valence-electron chi connectivity index (χ4n) is 13.6. The number of nitrogens with zero attached hydrogens (tertiary/aromatic N) is 13. The fourth-order valence-corrected chi connectivity index (χ4v) is 14.9. The third-order valence-corrected chi connectivity index (χ3v) is 22.7. The normalized spacial score (nSPS) is 12.4. The van der Waals surface area contributed by atoms with Crippen molar-refractivity contribution in [3.05, 3.63) is 347 Å². The molecule has 0 spiro atoms. The highest BCUT2D eigenvalue weighted by Crippen LogP contribution is 2.44. The number of hydrogen-bond donors (Lipinski definition) is 5. The van der Waals surface area contributed by atoms with Crippen LogP contribution in [0, 0.1) is 45.0 Å². The number of ketones is 1. The summed E-state index contributed by atoms with van der Waals surface area (Å²) in [7, 11) is 4.52. The van der Waals surface area contributed by atoms with Crippen molar-refractivity contribution in [1.82, 2.24) is 54.8 Å². The molecular formula is C82H49Cl7F24N14O23. The van der Waals surface area contributed by atoms with Crippen molar-refractivity contribution >= 4 is 115 Å². The molecule has 0 radical (unpaired) electrons. The van der Waals surface area contributed by atoms with E-state index < -0.39 is 297 Å². The number of aromatic nitrogens is 12. The van der Waals surface area contributed by atoms with Gasteiger partial charge in [0, 0.05) is 114 Å². The first-order chi connectivity index (χ1) is 68.7. The first kappa shape index (κ1) is 118. The van der Waals surface area contributed by atoms with Gasteiger partial charge < -0.3 is 35.3 Å². The number of carbonyl (C=O) groups excluding carboxylic acids is 2. The van der Waals surface area contributed by atoms with Crippen molar-refractivity contribution in [3.8, 4) is 62.9 Å². The lowest BCUT2D eigenvalue weighted by Gasteiger charge is -2.22. The van der Waals surface area contributed by atoms with Gasteiger partial charge >= 0.3 is 88.5 Å².